The number of aromatic carboxylic acids is 1. The lowest BCUT2D eigenvalue weighted by Gasteiger charge is -2.36. The molecule has 3 rings (SSSR count). The Morgan fingerprint density at radius 2 is 2.05 bits per heavy atom. The topological polar surface area (TPSA) is 70.4 Å². The summed E-state index contributed by atoms with van der Waals surface area (Å²) in [7, 11) is 0. The van der Waals surface area contributed by atoms with E-state index in [1.54, 1.807) is 0 Å². The molecular weight excluding hydrogens is 381 g/mol. The highest BCUT2D eigenvalue weighted by molar-refractivity contribution is 14.1. The summed E-state index contributed by atoms with van der Waals surface area (Å²) in [5, 5.41) is 20.0. The number of rotatable bonds is 2. The maximum absolute atomic E-state index is 11.7. The highest BCUT2D eigenvalue weighted by atomic mass is 127. The minimum Gasteiger partial charge on any atom is -0.478 e. The molecule has 2 aliphatic rings. The maximum Gasteiger partial charge on any atom is 0.338 e. The molecule has 1 aromatic heterocycles. The quantitative estimate of drug-likeness (QED) is 0.743. The number of aliphatic hydroxyl groups excluding tert-OH is 1. The van der Waals surface area contributed by atoms with E-state index in [0.717, 1.165) is 42.6 Å². The van der Waals surface area contributed by atoms with Crippen LogP contribution in [0.3, 0.4) is 0 Å². The van der Waals surface area contributed by atoms with Gasteiger partial charge in [-0.3, -0.25) is 4.98 Å². The Labute approximate surface area is 138 Å². The van der Waals surface area contributed by atoms with Crippen LogP contribution >= 0.6 is 22.6 Å². The van der Waals surface area contributed by atoms with Gasteiger partial charge in [0.1, 0.15) is 0 Å². The molecular formula is C16H20INO3. The lowest BCUT2D eigenvalue weighted by molar-refractivity contribution is 0.0689. The Kier molecular flexibility index (Phi) is 3.76. The number of halogens is 1. The number of hydrogen-bond acceptors (Lipinski definition) is 3. The number of nitrogens with zero attached hydrogens (tertiary/aromatic N) is 1. The van der Waals surface area contributed by atoms with Crippen LogP contribution in [0.15, 0.2) is 0 Å². The molecule has 1 fully saturated rings. The molecule has 0 aliphatic heterocycles. The van der Waals surface area contributed by atoms with Crippen molar-refractivity contribution in [2.24, 2.45) is 5.41 Å². The van der Waals surface area contributed by atoms with Crippen LogP contribution < -0.4 is 0 Å². The number of carboxylic acids is 1. The number of carboxylic acid groups (broad SMARTS) is 1. The van der Waals surface area contributed by atoms with E-state index < -0.39 is 12.1 Å². The fraction of sp³-hybridized carbons (Fsp3) is 0.625. The standard InChI is InChI=1S/C16H20INO3/c1-16(2)6-9-11(10(19)7-16)13(17)12(15(20)21)14(18-9)8-4-3-5-8/h8,10,19H,3-7H2,1-2H3,(H,20,21). The van der Waals surface area contributed by atoms with Crippen molar-refractivity contribution >= 4 is 28.6 Å². The Hall–Kier alpha value is -0.690. The van der Waals surface area contributed by atoms with Crippen molar-refractivity contribution in [2.75, 3.05) is 0 Å². The molecule has 0 amide bonds. The third-order valence-corrected chi connectivity index (χ3v) is 5.83. The molecule has 1 atom stereocenters. The number of aliphatic hydroxyl groups is 1. The van der Waals surface area contributed by atoms with Gasteiger partial charge in [0, 0.05) is 20.7 Å². The Bertz CT molecular complexity index is 608. The summed E-state index contributed by atoms with van der Waals surface area (Å²) in [6.07, 6.45) is 4.03. The highest BCUT2D eigenvalue weighted by Gasteiger charge is 2.38. The normalized spacial score (nSPS) is 24.3. The first-order chi connectivity index (χ1) is 9.80. The Morgan fingerprint density at radius 1 is 1.38 bits per heavy atom. The summed E-state index contributed by atoms with van der Waals surface area (Å²) < 4.78 is 0.690. The number of fused-ring (bicyclic) bond motifs is 1. The third kappa shape index (κ3) is 2.59. The molecule has 5 heteroatoms. The van der Waals surface area contributed by atoms with Gasteiger partial charge in [0.2, 0.25) is 0 Å². The second kappa shape index (κ2) is 5.19. The molecule has 0 saturated heterocycles. The van der Waals surface area contributed by atoms with Gasteiger partial charge in [0.25, 0.3) is 0 Å². The van der Waals surface area contributed by atoms with Crippen molar-refractivity contribution in [2.45, 2.75) is 58.0 Å². The fourth-order valence-corrected chi connectivity index (χ4v) is 4.62. The second-order valence-corrected chi connectivity index (χ2v) is 8.12. The van der Waals surface area contributed by atoms with Crippen LogP contribution in [-0.4, -0.2) is 21.2 Å². The van der Waals surface area contributed by atoms with Gasteiger partial charge in [-0.2, -0.15) is 0 Å². The van der Waals surface area contributed by atoms with Crippen molar-refractivity contribution in [3.05, 3.63) is 26.1 Å². The minimum atomic E-state index is -0.923. The van der Waals surface area contributed by atoms with Crippen molar-refractivity contribution in [1.29, 1.82) is 0 Å². The molecule has 2 aliphatic carbocycles. The Balaban J connectivity index is 2.19. The van der Waals surface area contributed by atoms with Crippen molar-refractivity contribution in [3.63, 3.8) is 0 Å². The molecule has 114 valence electrons. The smallest absolute Gasteiger partial charge is 0.338 e. The summed E-state index contributed by atoms with van der Waals surface area (Å²) >= 11 is 2.08. The van der Waals surface area contributed by atoms with E-state index in [4.69, 9.17) is 4.98 Å². The lowest BCUT2D eigenvalue weighted by Crippen LogP contribution is -2.30. The summed E-state index contributed by atoms with van der Waals surface area (Å²) in [5.41, 5.74) is 2.70. The monoisotopic (exact) mass is 401 g/mol. The minimum absolute atomic E-state index is 0.00409. The third-order valence-electron chi connectivity index (χ3n) is 4.71. The number of aromatic nitrogens is 1. The summed E-state index contributed by atoms with van der Waals surface area (Å²) in [5.74, 6) is -0.647. The van der Waals surface area contributed by atoms with Crippen molar-refractivity contribution in [1.82, 2.24) is 4.98 Å². The highest BCUT2D eigenvalue weighted by Crippen LogP contribution is 2.45. The van der Waals surface area contributed by atoms with Crippen LogP contribution in [0.2, 0.25) is 0 Å². The van der Waals surface area contributed by atoms with E-state index in [1.807, 2.05) is 0 Å². The van der Waals surface area contributed by atoms with Crippen molar-refractivity contribution in [3.8, 4) is 0 Å². The molecule has 21 heavy (non-hydrogen) atoms. The molecule has 0 spiro atoms. The van der Waals surface area contributed by atoms with Gasteiger partial charge in [0.05, 0.1) is 17.4 Å². The molecule has 1 unspecified atom stereocenters. The van der Waals surface area contributed by atoms with Crippen LogP contribution in [0.4, 0.5) is 0 Å². The van der Waals surface area contributed by atoms with Crippen LogP contribution in [0.1, 0.15) is 78.9 Å². The second-order valence-electron chi connectivity index (χ2n) is 7.04. The van der Waals surface area contributed by atoms with E-state index in [-0.39, 0.29) is 11.3 Å². The molecule has 1 saturated carbocycles. The van der Waals surface area contributed by atoms with Crippen LogP contribution in [-0.2, 0) is 6.42 Å². The molecule has 0 radical (unpaired) electrons. The first-order valence-electron chi connectivity index (χ1n) is 7.43. The Morgan fingerprint density at radius 3 is 2.57 bits per heavy atom. The predicted molar refractivity (Wildman–Crippen MR) is 87.6 cm³/mol. The van der Waals surface area contributed by atoms with E-state index in [0.29, 0.717) is 15.6 Å². The summed E-state index contributed by atoms with van der Waals surface area (Å²) in [6.45, 7) is 4.25. The van der Waals surface area contributed by atoms with Crippen LogP contribution in [0, 0.1) is 8.99 Å². The van der Waals surface area contributed by atoms with Crippen molar-refractivity contribution < 1.29 is 15.0 Å². The largest absolute Gasteiger partial charge is 0.478 e. The van der Waals surface area contributed by atoms with E-state index in [1.165, 1.54) is 0 Å². The molecule has 0 aromatic carbocycles. The zero-order valence-corrected chi connectivity index (χ0v) is 14.5. The first-order valence-corrected chi connectivity index (χ1v) is 8.51. The van der Waals surface area contributed by atoms with Gasteiger partial charge in [-0.15, -0.1) is 0 Å². The maximum atomic E-state index is 11.7. The zero-order valence-electron chi connectivity index (χ0n) is 12.3. The number of carbonyl (C=O) groups is 1. The molecule has 1 heterocycles. The zero-order chi connectivity index (χ0) is 15.4. The average Bonchev–Trinajstić information content (AvgIpc) is 2.22. The van der Waals surface area contributed by atoms with E-state index in [2.05, 4.69) is 36.4 Å². The van der Waals surface area contributed by atoms with Crippen LogP contribution in [0.5, 0.6) is 0 Å². The fourth-order valence-electron chi connectivity index (χ4n) is 3.44. The SMILES string of the molecule is CC1(C)Cc2nc(C3CCC3)c(C(=O)O)c(I)c2C(O)C1. The van der Waals surface area contributed by atoms with Gasteiger partial charge >= 0.3 is 5.97 Å². The summed E-state index contributed by atoms with van der Waals surface area (Å²) in [6, 6.07) is 0. The molecule has 0 bridgehead atoms. The lowest BCUT2D eigenvalue weighted by atomic mass is 9.73. The molecule has 1 aromatic rings. The van der Waals surface area contributed by atoms with Crippen LogP contribution in [0.25, 0.3) is 0 Å². The molecule has 2 N–H and O–H groups in total. The summed E-state index contributed by atoms with van der Waals surface area (Å²) in [4.78, 5) is 16.4. The van der Waals surface area contributed by atoms with Gasteiger partial charge in [0.15, 0.2) is 0 Å². The predicted octanol–water partition coefficient (Wildman–Crippen LogP) is 3.66. The van der Waals surface area contributed by atoms with Gasteiger partial charge in [-0.1, -0.05) is 20.3 Å². The van der Waals surface area contributed by atoms with Gasteiger partial charge in [-0.05, 0) is 53.7 Å². The van der Waals surface area contributed by atoms with E-state index >= 15 is 0 Å². The first kappa shape index (κ1) is 15.2. The van der Waals surface area contributed by atoms with Gasteiger partial charge in [-0.25, -0.2) is 4.79 Å². The average molecular weight is 401 g/mol. The number of pyridine rings is 1. The van der Waals surface area contributed by atoms with E-state index in [9.17, 15) is 15.0 Å². The number of hydrogen-bond donors (Lipinski definition) is 2. The van der Waals surface area contributed by atoms with Gasteiger partial charge < -0.3 is 10.2 Å². The molecule has 4 nitrogen and oxygen atoms in total.